The van der Waals surface area contributed by atoms with E-state index in [1.54, 1.807) is 18.2 Å². The number of carbonyl (C=O) groups excluding carboxylic acids is 1. The van der Waals surface area contributed by atoms with Crippen molar-refractivity contribution in [2.45, 2.75) is 12.5 Å². The van der Waals surface area contributed by atoms with Crippen molar-refractivity contribution in [1.82, 2.24) is 5.32 Å². The third-order valence-electron chi connectivity index (χ3n) is 2.46. The molecule has 1 aromatic rings. The summed E-state index contributed by atoms with van der Waals surface area (Å²) < 4.78 is 0. The molecule has 1 unspecified atom stereocenters. The number of nitrogens with one attached hydrogen (secondary N) is 2. The molecule has 1 heterocycles. The van der Waals surface area contributed by atoms with Gasteiger partial charge in [0.05, 0.1) is 18.0 Å². The molecule has 1 aromatic carbocycles. The smallest absolute Gasteiger partial charge is 0.305 e. The number of carbonyl (C=O) groups is 2. The van der Waals surface area contributed by atoms with E-state index in [0.29, 0.717) is 17.8 Å². The van der Waals surface area contributed by atoms with Crippen LogP contribution >= 0.6 is 0 Å². The maximum Gasteiger partial charge on any atom is 0.305 e. The van der Waals surface area contributed by atoms with Crippen molar-refractivity contribution in [3.05, 3.63) is 29.8 Å². The molecule has 0 radical (unpaired) electrons. The van der Waals surface area contributed by atoms with Gasteiger partial charge in [0.25, 0.3) is 5.91 Å². The van der Waals surface area contributed by atoms with Gasteiger partial charge in [0.1, 0.15) is 0 Å². The number of hydrogen-bond donors (Lipinski definition) is 3. The Morgan fingerprint density at radius 3 is 2.94 bits per heavy atom. The first-order valence-electron chi connectivity index (χ1n) is 5.02. The fourth-order valence-corrected chi connectivity index (χ4v) is 1.72. The Kier molecular flexibility index (Phi) is 2.76. The van der Waals surface area contributed by atoms with Gasteiger partial charge >= 0.3 is 5.97 Å². The van der Waals surface area contributed by atoms with Gasteiger partial charge in [-0.1, -0.05) is 12.1 Å². The number of rotatable bonds is 2. The maximum atomic E-state index is 11.6. The van der Waals surface area contributed by atoms with E-state index in [4.69, 9.17) is 5.11 Å². The second-order valence-electron chi connectivity index (χ2n) is 3.69. The molecule has 0 aromatic heterocycles. The highest BCUT2D eigenvalue weighted by Gasteiger charge is 2.21. The van der Waals surface area contributed by atoms with E-state index in [1.165, 1.54) is 0 Å². The number of aliphatic carboxylic acids is 1. The van der Waals surface area contributed by atoms with Gasteiger partial charge < -0.3 is 15.7 Å². The molecule has 5 heteroatoms. The minimum atomic E-state index is -0.883. The zero-order valence-electron chi connectivity index (χ0n) is 8.56. The summed E-state index contributed by atoms with van der Waals surface area (Å²) >= 11 is 0. The Labute approximate surface area is 92.5 Å². The van der Waals surface area contributed by atoms with Crippen LogP contribution < -0.4 is 10.6 Å². The quantitative estimate of drug-likeness (QED) is 0.685. The standard InChI is InChI=1S/C11H12N2O3/c14-10(15)5-7-6-12-11(16)8-3-1-2-4-9(8)13-7/h1-4,7,13H,5-6H2,(H,12,16)(H,14,15). The van der Waals surface area contributed by atoms with Crippen molar-refractivity contribution in [2.24, 2.45) is 0 Å². The van der Waals surface area contributed by atoms with E-state index in [0.717, 1.165) is 0 Å². The number of carboxylic acids is 1. The van der Waals surface area contributed by atoms with Gasteiger partial charge in [0.15, 0.2) is 0 Å². The third-order valence-corrected chi connectivity index (χ3v) is 2.46. The molecule has 0 fully saturated rings. The molecule has 0 saturated heterocycles. The molecular formula is C11H12N2O3. The largest absolute Gasteiger partial charge is 0.481 e. The van der Waals surface area contributed by atoms with Crippen LogP contribution in [0.25, 0.3) is 0 Å². The first-order chi connectivity index (χ1) is 7.66. The van der Waals surface area contributed by atoms with Crippen LogP contribution in [0, 0.1) is 0 Å². The Balaban J connectivity index is 2.24. The molecule has 84 valence electrons. The van der Waals surface area contributed by atoms with Gasteiger partial charge in [-0.25, -0.2) is 0 Å². The van der Waals surface area contributed by atoms with Gasteiger partial charge in [0.2, 0.25) is 0 Å². The van der Waals surface area contributed by atoms with Crippen LogP contribution in [-0.2, 0) is 4.79 Å². The normalized spacial score (nSPS) is 19.0. The molecule has 16 heavy (non-hydrogen) atoms. The summed E-state index contributed by atoms with van der Waals surface area (Å²) in [6.45, 7) is 0.319. The van der Waals surface area contributed by atoms with E-state index in [9.17, 15) is 9.59 Å². The Hall–Kier alpha value is -2.04. The zero-order valence-corrected chi connectivity index (χ0v) is 8.56. The summed E-state index contributed by atoms with van der Waals surface area (Å²) in [4.78, 5) is 22.3. The van der Waals surface area contributed by atoms with Gasteiger partial charge in [-0.05, 0) is 12.1 Å². The van der Waals surface area contributed by atoms with Crippen LogP contribution in [0.5, 0.6) is 0 Å². The van der Waals surface area contributed by atoms with Crippen LogP contribution in [0.4, 0.5) is 5.69 Å². The van der Waals surface area contributed by atoms with Crippen molar-refractivity contribution in [2.75, 3.05) is 11.9 Å². The predicted octanol–water partition coefficient (Wildman–Crippen LogP) is 0.685. The number of para-hydroxylation sites is 1. The SMILES string of the molecule is O=C(O)CC1CNC(=O)c2ccccc2N1. The van der Waals surface area contributed by atoms with E-state index >= 15 is 0 Å². The van der Waals surface area contributed by atoms with Crippen LogP contribution in [0.2, 0.25) is 0 Å². The van der Waals surface area contributed by atoms with Gasteiger partial charge in [-0.3, -0.25) is 9.59 Å². The van der Waals surface area contributed by atoms with E-state index in [-0.39, 0.29) is 18.4 Å². The lowest BCUT2D eigenvalue weighted by Gasteiger charge is -2.14. The summed E-state index contributed by atoms with van der Waals surface area (Å²) in [6.07, 6.45) is -0.0192. The van der Waals surface area contributed by atoms with Crippen LogP contribution in [-0.4, -0.2) is 29.6 Å². The number of anilines is 1. The molecule has 1 aliphatic rings. The Morgan fingerprint density at radius 2 is 2.19 bits per heavy atom. The number of benzene rings is 1. The number of fused-ring (bicyclic) bond motifs is 1. The Bertz CT molecular complexity index is 431. The fourth-order valence-electron chi connectivity index (χ4n) is 1.72. The van der Waals surface area contributed by atoms with Crippen LogP contribution in [0.1, 0.15) is 16.8 Å². The van der Waals surface area contributed by atoms with Crippen molar-refractivity contribution < 1.29 is 14.7 Å². The summed E-state index contributed by atoms with van der Waals surface area (Å²) in [5, 5.41) is 14.5. The molecule has 2 rings (SSSR count). The second-order valence-corrected chi connectivity index (χ2v) is 3.69. The number of carboxylic acid groups (broad SMARTS) is 1. The highest BCUT2D eigenvalue weighted by molar-refractivity contribution is 6.00. The molecule has 5 nitrogen and oxygen atoms in total. The predicted molar refractivity (Wildman–Crippen MR) is 58.4 cm³/mol. The highest BCUT2D eigenvalue weighted by Crippen LogP contribution is 2.18. The van der Waals surface area contributed by atoms with Gasteiger partial charge in [0, 0.05) is 12.2 Å². The van der Waals surface area contributed by atoms with Crippen molar-refractivity contribution in [3.63, 3.8) is 0 Å². The molecule has 1 atom stereocenters. The van der Waals surface area contributed by atoms with Crippen molar-refractivity contribution in [3.8, 4) is 0 Å². The minimum Gasteiger partial charge on any atom is -0.481 e. The Morgan fingerprint density at radius 1 is 1.44 bits per heavy atom. The minimum absolute atomic E-state index is 0.0192. The topological polar surface area (TPSA) is 78.4 Å². The lowest BCUT2D eigenvalue weighted by molar-refractivity contribution is -0.137. The monoisotopic (exact) mass is 220 g/mol. The molecular weight excluding hydrogens is 208 g/mol. The molecule has 1 aliphatic heterocycles. The molecule has 0 bridgehead atoms. The average molecular weight is 220 g/mol. The van der Waals surface area contributed by atoms with E-state index in [2.05, 4.69) is 10.6 Å². The van der Waals surface area contributed by atoms with Crippen LogP contribution in [0.15, 0.2) is 24.3 Å². The van der Waals surface area contributed by atoms with E-state index in [1.807, 2.05) is 6.07 Å². The van der Waals surface area contributed by atoms with Crippen LogP contribution in [0.3, 0.4) is 0 Å². The first kappa shape index (κ1) is 10.5. The number of hydrogen-bond acceptors (Lipinski definition) is 3. The number of amides is 1. The fraction of sp³-hybridized carbons (Fsp3) is 0.273. The first-order valence-corrected chi connectivity index (χ1v) is 5.02. The van der Waals surface area contributed by atoms with Crippen molar-refractivity contribution >= 4 is 17.6 Å². The highest BCUT2D eigenvalue weighted by atomic mass is 16.4. The molecule has 0 spiro atoms. The van der Waals surface area contributed by atoms with E-state index < -0.39 is 5.97 Å². The molecule has 0 saturated carbocycles. The van der Waals surface area contributed by atoms with Gasteiger partial charge in [-0.2, -0.15) is 0 Å². The summed E-state index contributed by atoms with van der Waals surface area (Å²) in [5.74, 6) is -1.05. The summed E-state index contributed by atoms with van der Waals surface area (Å²) in [7, 11) is 0. The maximum absolute atomic E-state index is 11.6. The third kappa shape index (κ3) is 2.13. The lowest BCUT2D eigenvalue weighted by Crippen LogP contribution is -2.34. The average Bonchev–Trinajstić information content (AvgIpc) is 2.39. The molecule has 1 amide bonds. The zero-order chi connectivity index (χ0) is 11.5. The summed E-state index contributed by atoms with van der Waals surface area (Å²) in [6, 6.07) is 6.79. The molecule has 3 N–H and O–H groups in total. The summed E-state index contributed by atoms with van der Waals surface area (Å²) in [5.41, 5.74) is 1.24. The van der Waals surface area contributed by atoms with Crippen molar-refractivity contribution in [1.29, 1.82) is 0 Å². The second kappa shape index (κ2) is 4.22. The molecule has 0 aliphatic carbocycles. The lowest BCUT2D eigenvalue weighted by atomic mass is 10.1. The van der Waals surface area contributed by atoms with Gasteiger partial charge in [-0.15, -0.1) is 0 Å².